The van der Waals surface area contributed by atoms with Crippen LogP contribution in [-0.2, 0) is 9.53 Å². The molecule has 0 radical (unpaired) electrons. The Morgan fingerprint density at radius 1 is 1.15 bits per heavy atom. The molecule has 0 bridgehead atoms. The standard InChI is InChI=1S/C22H17NO4/c1-26-18-10-13(7-9-17(18)24)21-20-15(11-27-22(20)25)19-14-5-3-2-4-12(14)6-8-16(19)23-21/h2-10,21,23-24H,11H2,1H3/t21-/m1/s1. The highest BCUT2D eigenvalue weighted by Crippen LogP contribution is 2.47. The molecular formula is C22H17NO4. The topological polar surface area (TPSA) is 67.8 Å². The van der Waals surface area contributed by atoms with Crippen molar-refractivity contribution in [1.29, 1.82) is 0 Å². The van der Waals surface area contributed by atoms with Crippen LogP contribution in [0, 0.1) is 0 Å². The zero-order valence-electron chi connectivity index (χ0n) is 14.7. The Balaban J connectivity index is 1.74. The Hall–Kier alpha value is -3.47. The number of benzene rings is 3. The number of aromatic hydroxyl groups is 1. The Bertz CT molecular complexity index is 1130. The third-order valence-electron chi connectivity index (χ3n) is 5.25. The van der Waals surface area contributed by atoms with Crippen LogP contribution in [-0.4, -0.2) is 24.8 Å². The van der Waals surface area contributed by atoms with Crippen LogP contribution >= 0.6 is 0 Å². The van der Waals surface area contributed by atoms with E-state index in [4.69, 9.17) is 9.47 Å². The number of rotatable bonds is 2. The van der Waals surface area contributed by atoms with Gasteiger partial charge in [-0.15, -0.1) is 0 Å². The lowest BCUT2D eigenvalue weighted by Crippen LogP contribution is -2.22. The minimum absolute atomic E-state index is 0.0617. The van der Waals surface area contributed by atoms with Gasteiger partial charge >= 0.3 is 5.97 Å². The second-order valence-corrected chi connectivity index (χ2v) is 6.69. The lowest BCUT2D eigenvalue weighted by molar-refractivity contribution is -0.136. The molecule has 2 N–H and O–H groups in total. The Morgan fingerprint density at radius 3 is 2.85 bits per heavy atom. The van der Waals surface area contributed by atoms with E-state index in [9.17, 15) is 9.90 Å². The summed E-state index contributed by atoms with van der Waals surface area (Å²) in [5, 5.41) is 15.6. The summed E-state index contributed by atoms with van der Waals surface area (Å²) in [6.45, 7) is 0.266. The summed E-state index contributed by atoms with van der Waals surface area (Å²) in [6, 6.07) is 17.0. The number of cyclic esters (lactones) is 1. The average Bonchev–Trinajstić information content (AvgIpc) is 3.09. The van der Waals surface area contributed by atoms with Crippen LogP contribution in [0.3, 0.4) is 0 Å². The molecule has 0 spiro atoms. The predicted octanol–water partition coefficient (Wildman–Crippen LogP) is 4.03. The largest absolute Gasteiger partial charge is 0.504 e. The SMILES string of the molecule is COc1cc([C@H]2Nc3ccc4ccccc4c3C3=C2C(=O)OC3)ccc1O. The van der Waals surface area contributed by atoms with Gasteiger partial charge in [-0.25, -0.2) is 4.79 Å². The monoisotopic (exact) mass is 359 g/mol. The van der Waals surface area contributed by atoms with Gasteiger partial charge in [0, 0.05) is 16.8 Å². The number of fused-ring (bicyclic) bond motifs is 4. The normalized spacial score (nSPS) is 18.0. The van der Waals surface area contributed by atoms with E-state index in [0.717, 1.165) is 33.2 Å². The summed E-state index contributed by atoms with van der Waals surface area (Å²) in [5.74, 6) is 0.118. The van der Waals surface area contributed by atoms with E-state index < -0.39 is 0 Å². The van der Waals surface area contributed by atoms with E-state index in [-0.39, 0.29) is 24.4 Å². The predicted molar refractivity (Wildman–Crippen MR) is 103 cm³/mol. The van der Waals surface area contributed by atoms with Crippen molar-refractivity contribution in [2.24, 2.45) is 0 Å². The zero-order chi connectivity index (χ0) is 18.5. The Labute approximate surface area is 155 Å². The average molecular weight is 359 g/mol. The summed E-state index contributed by atoms with van der Waals surface area (Å²) in [5.41, 5.74) is 4.35. The van der Waals surface area contributed by atoms with E-state index in [1.54, 1.807) is 18.2 Å². The van der Waals surface area contributed by atoms with Gasteiger partial charge in [0.15, 0.2) is 11.5 Å². The highest BCUT2D eigenvalue weighted by molar-refractivity contribution is 6.11. The fraction of sp³-hybridized carbons (Fsp3) is 0.136. The molecule has 1 atom stereocenters. The van der Waals surface area contributed by atoms with E-state index in [1.165, 1.54) is 7.11 Å². The molecule has 5 rings (SSSR count). The fourth-order valence-electron chi connectivity index (χ4n) is 3.98. The molecule has 0 saturated heterocycles. The molecule has 134 valence electrons. The Morgan fingerprint density at radius 2 is 2.00 bits per heavy atom. The van der Waals surface area contributed by atoms with Gasteiger partial charge in [-0.05, 0) is 34.5 Å². The van der Waals surface area contributed by atoms with Crippen LogP contribution in [0.25, 0.3) is 16.3 Å². The summed E-state index contributed by atoms with van der Waals surface area (Å²) in [7, 11) is 1.50. The van der Waals surface area contributed by atoms with Gasteiger partial charge < -0.3 is 19.9 Å². The van der Waals surface area contributed by atoms with Crippen LogP contribution < -0.4 is 10.1 Å². The number of nitrogens with one attached hydrogen (secondary N) is 1. The molecule has 5 heteroatoms. The van der Waals surface area contributed by atoms with Crippen LogP contribution in [0.5, 0.6) is 11.5 Å². The summed E-state index contributed by atoms with van der Waals surface area (Å²) < 4.78 is 10.6. The summed E-state index contributed by atoms with van der Waals surface area (Å²) in [4.78, 5) is 12.6. The highest BCUT2D eigenvalue weighted by Gasteiger charge is 2.38. The third kappa shape index (κ3) is 2.28. The van der Waals surface area contributed by atoms with E-state index in [0.29, 0.717) is 11.3 Å². The van der Waals surface area contributed by atoms with Crippen molar-refractivity contribution >= 4 is 28.0 Å². The number of anilines is 1. The van der Waals surface area contributed by atoms with Gasteiger partial charge in [-0.2, -0.15) is 0 Å². The van der Waals surface area contributed by atoms with Crippen molar-refractivity contribution in [2.45, 2.75) is 6.04 Å². The molecule has 2 aliphatic rings. The molecule has 0 amide bonds. The second-order valence-electron chi connectivity index (χ2n) is 6.69. The molecule has 5 nitrogen and oxygen atoms in total. The van der Waals surface area contributed by atoms with Crippen molar-refractivity contribution in [3.05, 3.63) is 71.3 Å². The molecule has 0 aliphatic carbocycles. The van der Waals surface area contributed by atoms with Crippen LogP contribution in [0.1, 0.15) is 17.2 Å². The van der Waals surface area contributed by atoms with Crippen molar-refractivity contribution in [3.8, 4) is 11.5 Å². The lowest BCUT2D eigenvalue weighted by atomic mass is 9.85. The number of hydrogen-bond acceptors (Lipinski definition) is 5. The minimum atomic E-state index is -0.363. The number of methoxy groups -OCH3 is 1. The number of ether oxygens (including phenoxy) is 2. The lowest BCUT2D eigenvalue weighted by Gasteiger charge is -2.28. The van der Waals surface area contributed by atoms with Gasteiger partial charge in [0.1, 0.15) is 6.61 Å². The molecule has 0 unspecified atom stereocenters. The minimum Gasteiger partial charge on any atom is -0.504 e. The maximum Gasteiger partial charge on any atom is 0.337 e. The quantitative estimate of drug-likeness (QED) is 0.676. The zero-order valence-corrected chi connectivity index (χ0v) is 14.7. The van der Waals surface area contributed by atoms with Crippen molar-refractivity contribution in [1.82, 2.24) is 0 Å². The van der Waals surface area contributed by atoms with Crippen molar-refractivity contribution < 1.29 is 19.4 Å². The molecule has 3 aromatic rings. The number of esters is 1. The van der Waals surface area contributed by atoms with Crippen LogP contribution in [0.2, 0.25) is 0 Å². The molecule has 0 aromatic heterocycles. The van der Waals surface area contributed by atoms with Gasteiger partial charge in [0.25, 0.3) is 0 Å². The van der Waals surface area contributed by atoms with E-state index in [2.05, 4.69) is 23.5 Å². The first kappa shape index (κ1) is 15.8. The van der Waals surface area contributed by atoms with Crippen molar-refractivity contribution in [3.63, 3.8) is 0 Å². The van der Waals surface area contributed by atoms with Gasteiger partial charge in [0.2, 0.25) is 0 Å². The number of carbonyl (C=O) groups is 1. The maximum absolute atomic E-state index is 12.6. The van der Waals surface area contributed by atoms with Crippen LogP contribution in [0.4, 0.5) is 5.69 Å². The first-order valence-corrected chi connectivity index (χ1v) is 8.73. The number of phenolic OH excluding ortho intramolecular Hbond substituents is 1. The van der Waals surface area contributed by atoms with Gasteiger partial charge in [0.05, 0.1) is 18.7 Å². The van der Waals surface area contributed by atoms with Crippen molar-refractivity contribution in [2.75, 3.05) is 19.0 Å². The van der Waals surface area contributed by atoms with E-state index >= 15 is 0 Å². The van der Waals surface area contributed by atoms with Gasteiger partial charge in [-0.3, -0.25) is 0 Å². The molecule has 0 fully saturated rings. The maximum atomic E-state index is 12.6. The molecule has 2 heterocycles. The summed E-state index contributed by atoms with van der Waals surface area (Å²) >= 11 is 0. The molecule has 2 aliphatic heterocycles. The summed E-state index contributed by atoms with van der Waals surface area (Å²) in [6.07, 6.45) is 0. The first-order chi connectivity index (χ1) is 13.2. The fourth-order valence-corrected chi connectivity index (χ4v) is 3.98. The third-order valence-corrected chi connectivity index (χ3v) is 5.25. The van der Waals surface area contributed by atoms with Crippen LogP contribution in [0.15, 0.2) is 60.2 Å². The molecule has 27 heavy (non-hydrogen) atoms. The molecule has 0 saturated carbocycles. The smallest absolute Gasteiger partial charge is 0.337 e. The number of hydrogen-bond donors (Lipinski definition) is 2. The van der Waals surface area contributed by atoms with E-state index in [1.807, 2.05) is 18.2 Å². The number of carbonyl (C=O) groups excluding carboxylic acids is 1. The van der Waals surface area contributed by atoms with Gasteiger partial charge in [-0.1, -0.05) is 36.4 Å². The first-order valence-electron chi connectivity index (χ1n) is 8.73. The molecule has 3 aromatic carbocycles. The Kier molecular flexibility index (Phi) is 3.37. The molecular weight excluding hydrogens is 342 g/mol. The number of phenols is 1. The highest BCUT2D eigenvalue weighted by atomic mass is 16.5. The second kappa shape index (κ2) is 5.77.